The largest absolute Gasteiger partial charge is 0.483 e. The number of likely N-dealkylation sites (N-methyl/N-ethyl adjacent to an activating group) is 1. The van der Waals surface area contributed by atoms with Crippen molar-refractivity contribution in [3.8, 4) is 0 Å². The quantitative estimate of drug-likeness (QED) is 0.0468. The van der Waals surface area contributed by atoms with E-state index in [9.17, 15) is 4.79 Å². The van der Waals surface area contributed by atoms with Gasteiger partial charge >= 0.3 is 0 Å². The third kappa shape index (κ3) is 13.4. The van der Waals surface area contributed by atoms with Gasteiger partial charge in [0.25, 0.3) is 5.82 Å². The number of nitrogens with zero attached hydrogens (tertiary/aromatic N) is 3. The molecule has 0 bridgehead atoms. The number of carbonyl (C=O) groups excluding carboxylic acids is 1. The Hall–Kier alpha value is -2.87. The second-order valence-corrected chi connectivity index (χ2v) is 11.4. The predicted molar refractivity (Wildman–Crippen MR) is 184 cm³/mol. The van der Waals surface area contributed by atoms with E-state index in [1.807, 2.05) is 49.4 Å². The van der Waals surface area contributed by atoms with Crippen LogP contribution in [0.15, 0.2) is 95.1 Å². The van der Waals surface area contributed by atoms with Crippen molar-refractivity contribution in [2.75, 3.05) is 52.1 Å². The fourth-order valence-electron chi connectivity index (χ4n) is 4.01. The predicted octanol–water partition coefficient (Wildman–Crippen LogP) is 6.88. The summed E-state index contributed by atoms with van der Waals surface area (Å²) in [6.07, 6.45) is 13.5. The van der Waals surface area contributed by atoms with Gasteiger partial charge in [0, 0.05) is 44.4 Å². The molecule has 1 saturated heterocycles. The molecular formula is C35H55N4O2S+. The van der Waals surface area contributed by atoms with Gasteiger partial charge in [0.15, 0.2) is 0 Å². The molecule has 0 spiro atoms. The van der Waals surface area contributed by atoms with Crippen LogP contribution in [0.2, 0.25) is 0 Å². The average molecular weight is 596 g/mol. The highest BCUT2D eigenvalue weighted by Crippen LogP contribution is 2.46. The number of ketones is 1. The number of ether oxygens (including phenoxy) is 1. The zero-order valence-electron chi connectivity index (χ0n) is 27.1. The Balaban J connectivity index is 0.000000351. The zero-order valence-corrected chi connectivity index (χ0v) is 28.0. The number of nitrogens with two attached hydrogens (primary N) is 1. The van der Waals surface area contributed by atoms with Crippen molar-refractivity contribution >= 4 is 24.6 Å². The third-order valence-corrected chi connectivity index (χ3v) is 7.86. The Morgan fingerprint density at radius 3 is 2.26 bits per heavy atom. The molecule has 2 N–H and O–H groups in total. The molecule has 6 nitrogen and oxygen atoms in total. The molecule has 0 amide bonds. The molecule has 0 unspecified atom stereocenters. The van der Waals surface area contributed by atoms with E-state index in [1.165, 1.54) is 18.4 Å². The molecule has 7 heteroatoms. The molecule has 1 aliphatic heterocycles. The molecule has 2 fully saturated rings. The first kappa shape index (κ1) is 37.2. The van der Waals surface area contributed by atoms with Crippen molar-refractivity contribution in [1.29, 1.82) is 0 Å². The number of allylic oxidation sites excluding steroid dienone is 5. The van der Waals surface area contributed by atoms with Gasteiger partial charge in [-0.05, 0) is 64.3 Å². The maximum Gasteiger partial charge on any atom is 0.250 e. The summed E-state index contributed by atoms with van der Waals surface area (Å²) < 4.78 is 6.92. The first-order valence-electron chi connectivity index (χ1n) is 15.0. The Morgan fingerprint density at radius 1 is 1.24 bits per heavy atom. The van der Waals surface area contributed by atoms with Gasteiger partial charge < -0.3 is 15.4 Å². The van der Waals surface area contributed by atoms with Crippen LogP contribution in [0.25, 0.3) is 0 Å². The third-order valence-electron chi connectivity index (χ3n) is 7.50. The summed E-state index contributed by atoms with van der Waals surface area (Å²) in [6.45, 7) is 21.2. The minimum absolute atomic E-state index is 0.0578. The van der Waals surface area contributed by atoms with E-state index in [0.29, 0.717) is 24.3 Å². The van der Waals surface area contributed by atoms with Crippen molar-refractivity contribution < 1.29 is 14.0 Å². The van der Waals surface area contributed by atoms with E-state index in [-0.39, 0.29) is 5.78 Å². The number of hydrogen-bond donors (Lipinski definition) is 2. The van der Waals surface area contributed by atoms with Crippen LogP contribution in [0.5, 0.6) is 0 Å². The summed E-state index contributed by atoms with van der Waals surface area (Å²) >= 11 is 4.18. The van der Waals surface area contributed by atoms with Crippen LogP contribution < -0.4 is 5.73 Å². The van der Waals surface area contributed by atoms with Gasteiger partial charge in [-0.25, -0.2) is 0 Å². The molecule has 1 heterocycles. The molecule has 0 aromatic heterocycles. The van der Waals surface area contributed by atoms with E-state index in [4.69, 9.17) is 10.5 Å². The number of benzene rings is 1. The van der Waals surface area contributed by atoms with Gasteiger partial charge in [-0.2, -0.15) is 12.6 Å². The topological polar surface area (TPSA) is 67.9 Å². The minimum atomic E-state index is 0.0578. The lowest BCUT2D eigenvalue weighted by Crippen LogP contribution is -2.38. The zero-order chi connectivity index (χ0) is 31.6. The van der Waals surface area contributed by atoms with Crippen LogP contribution in [0, 0.1) is 12.3 Å². The van der Waals surface area contributed by atoms with Gasteiger partial charge in [-0.3, -0.25) is 14.3 Å². The van der Waals surface area contributed by atoms with Gasteiger partial charge in [0.2, 0.25) is 11.5 Å². The van der Waals surface area contributed by atoms with Crippen LogP contribution in [0.1, 0.15) is 53.0 Å². The fourth-order valence-corrected chi connectivity index (χ4v) is 4.29. The second-order valence-electron chi connectivity index (χ2n) is 11.1. The van der Waals surface area contributed by atoms with Crippen LogP contribution >= 0.6 is 12.6 Å². The highest BCUT2D eigenvalue weighted by Gasteiger charge is 2.50. The lowest BCUT2D eigenvalue weighted by molar-refractivity contribution is -0.767. The van der Waals surface area contributed by atoms with E-state index in [2.05, 4.69) is 76.0 Å². The van der Waals surface area contributed by atoms with E-state index in [0.717, 1.165) is 53.5 Å². The lowest BCUT2D eigenvalue weighted by atomic mass is 10.2. The van der Waals surface area contributed by atoms with Crippen LogP contribution in [-0.4, -0.2) is 73.5 Å². The number of quaternary nitrogens is 1. The summed E-state index contributed by atoms with van der Waals surface area (Å²) in [5.41, 5.74) is 8.93. The molecule has 0 atom stereocenters. The van der Waals surface area contributed by atoms with Crippen LogP contribution in [0.4, 0.5) is 0 Å². The Labute approximate surface area is 261 Å². The Bertz CT molecular complexity index is 1130. The Morgan fingerprint density at radius 2 is 1.88 bits per heavy atom. The molecule has 1 aliphatic carbocycles. The first-order valence-corrected chi connectivity index (χ1v) is 15.6. The molecule has 0 radical (unpaired) electrons. The summed E-state index contributed by atoms with van der Waals surface area (Å²) in [6, 6.07) is 10.3. The van der Waals surface area contributed by atoms with Gasteiger partial charge in [0.1, 0.15) is 13.1 Å². The number of aryl methyl sites for hydroxylation is 1. The van der Waals surface area contributed by atoms with Crippen molar-refractivity contribution in [3.63, 3.8) is 0 Å². The van der Waals surface area contributed by atoms with Gasteiger partial charge in [-0.1, -0.05) is 61.5 Å². The maximum absolute atomic E-state index is 12.1. The van der Waals surface area contributed by atoms with Crippen molar-refractivity contribution in [2.45, 2.75) is 54.4 Å². The lowest BCUT2D eigenvalue weighted by Gasteiger charge is -2.29. The second kappa shape index (κ2) is 19.3. The van der Waals surface area contributed by atoms with E-state index < -0.39 is 0 Å². The van der Waals surface area contributed by atoms with Crippen LogP contribution in [0.3, 0.4) is 0 Å². The van der Waals surface area contributed by atoms with E-state index in [1.54, 1.807) is 19.2 Å². The normalized spacial score (nSPS) is 17.4. The number of carbonyl (C=O) groups is 1. The molecule has 3 rings (SSSR count). The maximum atomic E-state index is 12.1. The number of thiol groups is 1. The summed E-state index contributed by atoms with van der Waals surface area (Å²) in [5, 5.41) is 0. The molecule has 1 saturated carbocycles. The monoisotopic (exact) mass is 595 g/mol. The number of rotatable bonds is 14. The average Bonchev–Trinajstić information content (AvgIpc) is 3.93. The molecular weight excluding hydrogens is 540 g/mol. The smallest absolute Gasteiger partial charge is 0.250 e. The van der Waals surface area contributed by atoms with Crippen molar-refractivity contribution in [1.82, 2.24) is 4.90 Å². The van der Waals surface area contributed by atoms with Crippen LogP contribution in [-0.2, 0) is 9.53 Å². The highest BCUT2D eigenvalue weighted by molar-refractivity contribution is 7.80. The molecule has 1 aromatic rings. The molecule has 42 heavy (non-hydrogen) atoms. The standard InChI is InChI=1S/C16H29N2O2.C12H18N2S.C7H8/c1-6-17(5)15(18(7-2)10-11-18)14(13(3)19)20-12-16(4)8-9-16;1-3-11(10-15)6-5-9-14-12(4-2)7-8-13;1-7-5-3-2-4-6-7/h6-12H2,1-5H3;3-7,9,15H,2,8,10,13H2,1H3;2-6H,1H3/q+1;;/b15-14-;6-5-,11-3+,12-7+,14-9+;. The number of Topliss-reactive ketones (excluding diaryl/α,β-unsaturated/α-hetero) is 1. The molecule has 232 valence electrons. The van der Waals surface area contributed by atoms with Crippen molar-refractivity contribution in [2.24, 2.45) is 16.1 Å². The number of hydrogen-bond acceptors (Lipinski definition) is 6. The summed E-state index contributed by atoms with van der Waals surface area (Å²) in [5.74, 6) is 2.48. The Kier molecular flexibility index (Phi) is 17.1. The minimum Gasteiger partial charge on any atom is -0.483 e. The fraction of sp³-hybridized carbons (Fsp3) is 0.486. The molecule has 1 aromatic carbocycles. The summed E-state index contributed by atoms with van der Waals surface area (Å²) in [4.78, 5) is 18.5. The summed E-state index contributed by atoms with van der Waals surface area (Å²) in [7, 11) is 2.06. The van der Waals surface area contributed by atoms with E-state index >= 15 is 0 Å². The van der Waals surface area contributed by atoms with Gasteiger partial charge in [-0.15, -0.1) is 0 Å². The SMILES string of the molecule is C=CC(=C\CN)/N=C/C=C\C(=C/C)CS.CCN(C)/C(=C(/OCC1(C)CC1)C(C)=O)[N+]1(CC)CC1.Cc1ccccc1. The number of aliphatic imine (C=N–C) groups is 1. The molecule has 2 aliphatic rings. The highest BCUT2D eigenvalue weighted by atomic mass is 32.1. The first-order chi connectivity index (χ1) is 20.0. The van der Waals surface area contributed by atoms with Gasteiger partial charge in [0.05, 0.1) is 18.8 Å². The van der Waals surface area contributed by atoms with Crippen molar-refractivity contribution in [3.05, 3.63) is 95.7 Å².